The minimum atomic E-state index is -3.70. The smallest absolute Gasteiger partial charge is 0.266 e. The fraction of sp³-hybridized carbons (Fsp3) is 0.455. The first-order valence-electron chi connectivity index (χ1n) is 5.97. The Morgan fingerprint density at radius 2 is 2.11 bits per heavy atom. The summed E-state index contributed by atoms with van der Waals surface area (Å²) in [6.45, 7) is 3.77. The van der Waals surface area contributed by atoms with Crippen molar-refractivity contribution in [2.24, 2.45) is 7.05 Å². The van der Waals surface area contributed by atoms with Crippen molar-refractivity contribution in [1.29, 1.82) is 0 Å². The second-order valence-corrected chi connectivity index (χ2v) is 5.66. The Bertz CT molecular complexity index is 658. The van der Waals surface area contributed by atoms with E-state index in [1.165, 1.54) is 12.3 Å². The molecule has 0 fully saturated rings. The number of nitrogens with zero attached hydrogens (tertiary/aromatic N) is 3. The van der Waals surface area contributed by atoms with Gasteiger partial charge in [0.05, 0.1) is 11.4 Å². The molecule has 1 N–H and O–H groups in total. The SMILES string of the molecule is CCc1nn(C)c(CC)c1S(=O)(=O)Nc1ccon1. The second kappa shape index (κ2) is 5.04. The molecule has 2 aromatic heterocycles. The second-order valence-electron chi connectivity index (χ2n) is 4.04. The lowest BCUT2D eigenvalue weighted by atomic mass is 10.2. The number of aryl methyl sites for hydroxylation is 2. The fourth-order valence-electron chi connectivity index (χ4n) is 1.99. The van der Waals surface area contributed by atoms with Crippen molar-refractivity contribution in [3.63, 3.8) is 0 Å². The first-order chi connectivity index (χ1) is 8.99. The zero-order valence-electron chi connectivity index (χ0n) is 11.0. The molecular weight excluding hydrogens is 268 g/mol. The van der Waals surface area contributed by atoms with Gasteiger partial charge in [0, 0.05) is 13.1 Å². The molecule has 104 valence electrons. The number of nitrogens with one attached hydrogen (secondary N) is 1. The van der Waals surface area contributed by atoms with Crippen LogP contribution in [-0.2, 0) is 29.9 Å². The molecule has 0 spiro atoms. The van der Waals surface area contributed by atoms with Gasteiger partial charge in [-0.15, -0.1) is 0 Å². The Balaban J connectivity index is 2.50. The van der Waals surface area contributed by atoms with E-state index in [0.717, 1.165) is 0 Å². The highest BCUT2D eigenvalue weighted by molar-refractivity contribution is 7.92. The summed E-state index contributed by atoms with van der Waals surface area (Å²) in [6.07, 6.45) is 2.43. The maximum Gasteiger partial charge on any atom is 0.266 e. The molecule has 0 saturated carbocycles. The molecule has 7 nitrogen and oxygen atoms in total. The van der Waals surface area contributed by atoms with Crippen molar-refractivity contribution in [1.82, 2.24) is 14.9 Å². The predicted octanol–water partition coefficient (Wildman–Crippen LogP) is 1.33. The molecule has 0 aromatic carbocycles. The van der Waals surface area contributed by atoms with Crippen LogP contribution in [0.5, 0.6) is 0 Å². The highest BCUT2D eigenvalue weighted by atomic mass is 32.2. The van der Waals surface area contributed by atoms with Gasteiger partial charge in [0.15, 0.2) is 5.82 Å². The molecular formula is C11H16N4O3S. The topological polar surface area (TPSA) is 90.0 Å². The van der Waals surface area contributed by atoms with E-state index in [4.69, 9.17) is 0 Å². The lowest BCUT2D eigenvalue weighted by Crippen LogP contribution is -2.16. The van der Waals surface area contributed by atoms with Crippen LogP contribution in [0.2, 0.25) is 0 Å². The van der Waals surface area contributed by atoms with Gasteiger partial charge in [-0.25, -0.2) is 8.42 Å². The summed E-state index contributed by atoms with van der Waals surface area (Å²) in [4.78, 5) is 0.239. The molecule has 2 rings (SSSR count). The Labute approximate surface area is 111 Å². The minimum absolute atomic E-state index is 0.160. The third-order valence-electron chi connectivity index (χ3n) is 2.80. The first kappa shape index (κ1) is 13.6. The van der Waals surface area contributed by atoms with Crippen LogP contribution in [0.3, 0.4) is 0 Å². The number of hydrogen-bond donors (Lipinski definition) is 1. The van der Waals surface area contributed by atoms with Gasteiger partial charge < -0.3 is 4.52 Å². The zero-order chi connectivity index (χ0) is 14.0. The lowest BCUT2D eigenvalue weighted by Gasteiger charge is -2.07. The van der Waals surface area contributed by atoms with E-state index in [1.54, 1.807) is 11.7 Å². The number of sulfonamides is 1. The van der Waals surface area contributed by atoms with E-state index in [1.807, 2.05) is 13.8 Å². The van der Waals surface area contributed by atoms with Gasteiger partial charge in [0.25, 0.3) is 10.0 Å². The predicted molar refractivity (Wildman–Crippen MR) is 69.3 cm³/mol. The molecule has 2 heterocycles. The standard InChI is InChI=1S/C11H16N4O3S/c1-4-8-11(9(5-2)15(3)12-8)19(16,17)14-10-6-7-18-13-10/h6-7H,4-5H2,1-3H3,(H,13,14). The Morgan fingerprint density at radius 3 is 2.63 bits per heavy atom. The van der Waals surface area contributed by atoms with Crippen LogP contribution < -0.4 is 4.72 Å². The zero-order valence-corrected chi connectivity index (χ0v) is 11.9. The van der Waals surface area contributed by atoms with Crippen molar-refractivity contribution in [2.75, 3.05) is 4.72 Å². The maximum atomic E-state index is 12.4. The quantitative estimate of drug-likeness (QED) is 0.894. The van der Waals surface area contributed by atoms with Crippen LogP contribution >= 0.6 is 0 Å². The number of hydrogen-bond acceptors (Lipinski definition) is 5. The van der Waals surface area contributed by atoms with Crippen molar-refractivity contribution >= 4 is 15.8 Å². The van der Waals surface area contributed by atoms with Gasteiger partial charge in [-0.2, -0.15) is 5.10 Å². The van der Waals surface area contributed by atoms with Crippen molar-refractivity contribution in [3.05, 3.63) is 23.7 Å². The maximum absolute atomic E-state index is 12.4. The Kier molecular flexibility index (Phi) is 3.61. The molecule has 19 heavy (non-hydrogen) atoms. The normalized spacial score (nSPS) is 11.7. The van der Waals surface area contributed by atoms with Gasteiger partial charge in [0.2, 0.25) is 0 Å². The highest BCUT2D eigenvalue weighted by Crippen LogP contribution is 2.23. The van der Waals surface area contributed by atoms with Crippen molar-refractivity contribution < 1.29 is 12.9 Å². The van der Waals surface area contributed by atoms with Crippen LogP contribution in [0.4, 0.5) is 5.82 Å². The van der Waals surface area contributed by atoms with Crippen molar-refractivity contribution in [3.8, 4) is 0 Å². The third kappa shape index (κ3) is 2.48. The number of anilines is 1. The van der Waals surface area contributed by atoms with E-state index in [0.29, 0.717) is 24.2 Å². The molecule has 0 unspecified atom stereocenters. The van der Waals surface area contributed by atoms with Gasteiger partial charge >= 0.3 is 0 Å². The summed E-state index contributed by atoms with van der Waals surface area (Å²) >= 11 is 0. The Morgan fingerprint density at radius 1 is 1.37 bits per heavy atom. The highest BCUT2D eigenvalue weighted by Gasteiger charge is 2.26. The molecule has 0 aliphatic heterocycles. The van der Waals surface area contributed by atoms with E-state index >= 15 is 0 Å². The first-order valence-corrected chi connectivity index (χ1v) is 7.45. The van der Waals surface area contributed by atoms with E-state index < -0.39 is 10.0 Å². The molecule has 0 saturated heterocycles. The largest absolute Gasteiger partial charge is 0.363 e. The lowest BCUT2D eigenvalue weighted by molar-refractivity contribution is 0.423. The van der Waals surface area contributed by atoms with Crippen molar-refractivity contribution in [2.45, 2.75) is 31.6 Å². The molecule has 0 aliphatic rings. The molecule has 0 amide bonds. The summed E-state index contributed by atoms with van der Waals surface area (Å²) in [7, 11) is -1.96. The fourth-order valence-corrected chi connectivity index (χ4v) is 3.55. The average Bonchev–Trinajstić information content (AvgIpc) is 2.95. The summed E-state index contributed by atoms with van der Waals surface area (Å²) in [6, 6.07) is 1.45. The number of aromatic nitrogens is 3. The van der Waals surface area contributed by atoms with Crippen LogP contribution in [0.1, 0.15) is 25.2 Å². The van der Waals surface area contributed by atoms with Gasteiger partial charge in [-0.05, 0) is 12.8 Å². The summed E-state index contributed by atoms with van der Waals surface area (Å²) in [5, 5.41) is 7.80. The Hall–Kier alpha value is -1.83. The molecule has 2 aromatic rings. The van der Waals surface area contributed by atoms with Gasteiger partial charge in [-0.3, -0.25) is 9.40 Å². The van der Waals surface area contributed by atoms with Crippen LogP contribution in [0.25, 0.3) is 0 Å². The van der Waals surface area contributed by atoms with E-state index in [-0.39, 0.29) is 10.7 Å². The van der Waals surface area contributed by atoms with Crippen LogP contribution in [0.15, 0.2) is 21.7 Å². The molecule has 0 aliphatic carbocycles. The van der Waals surface area contributed by atoms with Crippen LogP contribution in [0, 0.1) is 0 Å². The van der Waals surface area contributed by atoms with E-state index in [9.17, 15) is 8.42 Å². The number of rotatable bonds is 5. The molecule has 0 bridgehead atoms. The third-order valence-corrected chi connectivity index (χ3v) is 4.29. The van der Waals surface area contributed by atoms with Gasteiger partial charge in [-0.1, -0.05) is 19.0 Å². The average molecular weight is 284 g/mol. The summed E-state index contributed by atoms with van der Waals surface area (Å²) in [5.41, 5.74) is 1.23. The van der Waals surface area contributed by atoms with Gasteiger partial charge in [0.1, 0.15) is 11.2 Å². The summed E-state index contributed by atoms with van der Waals surface area (Å²) in [5.74, 6) is 0.160. The molecule has 8 heteroatoms. The van der Waals surface area contributed by atoms with Crippen LogP contribution in [-0.4, -0.2) is 23.4 Å². The molecule has 0 atom stereocenters. The summed E-state index contributed by atoms with van der Waals surface area (Å²) < 4.78 is 33.5. The molecule has 0 radical (unpaired) electrons. The van der Waals surface area contributed by atoms with E-state index in [2.05, 4.69) is 19.5 Å². The minimum Gasteiger partial charge on any atom is -0.363 e. The monoisotopic (exact) mass is 284 g/mol.